The number of carbonyl (C=O) groups excluding carboxylic acids is 3. The SMILES string of the molecule is CC(O)C(N)C(=O)NC(Cc1ccccc1)C(=O)NC(Cc1cnc[nH]1)C(=O)NC(Cc1ccc(O)cc1)C(=O)O. The normalized spacial score (nSPS) is 14.6. The van der Waals surface area contributed by atoms with E-state index in [4.69, 9.17) is 5.73 Å². The minimum absolute atomic E-state index is 0.0125. The molecule has 0 saturated heterocycles. The van der Waals surface area contributed by atoms with Crippen LogP contribution in [-0.2, 0) is 38.4 Å². The lowest BCUT2D eigenvalue weighted by atomic mass is 10.0. The predicted molar refractivity (Wildman–Crippen MR) is 147 cm³/mol. The summed E-state index contributed by atoms with van der Waals surface area (Å²) in [5, 5.41) is 36.6. The summed E-state index contributed by atoms with van der Waals surface area (Å²) in [6.07, 6.45) is 1.62. The van der Waals surface area contributed by atoms with Crippen LogP contribution in [0.3, 0.4) is 0 Å². The first-order valence-corrected chi connectivity index (χ1v) is 12.9. The van der Waals surface area contributed by atoms with Crippen molar-refractivity contribution in [1.29, 1.82) is 0 Å². The van der Waals surface area contributed by atoms with Crippen LogP contribution in [0.15, 0.2) is 67.1 Å². The number of aromatic nitrogens is 2. The second-order valence-corrected chi connectivity index (χ2v) is 9.63. The van der Waals surface area contributed by atoms with Crippen LogP contribution in [0.1, 0.15) is 23.7 Å². The predicted octanol–water partition coefficient (Wildman–Crippen LogP) is -0.610. The molecule has 5 atom stereocenters. The van der Waals surface area contributed by atoms with E-state index in [1.807, 2.05) is 0 Å². The maximum atomic E-state index is 13.5. The highest BCUT2D eigenvalue weighted by Crippen LogP contribution is 2.12. The lowest BCUT2D eigenvalue weighted by molar-refractivity contribution is -0.142. The number of amides is 3. The van der Waals surface area contributed by atoms with E-state index >= 15 is 0 Å². The molecule has 0 radical (unpaired) electrons. The van der Waals surface area contributed by atoms with E-state index < -0.39 is 54.0 Å². The van der Waals surface area contributed by atoms with Gasteiger partial charge in [-0.05, 0) is 30.2 Å². The Balaban J connectivity index is 1.81. The van der Waals surface area contributed by atoms with Gasteiger partial charge in [0.25, 0.3) is 0 Å². The van der Waals surface area contributed by atoms with Crippen LogP contribution < -0.4 is 21.7 Å². The second-order valence-electron chi connectivity index (χ2n) is 9.63. The van der Waals surface area contributed by atoms with Gasteiger partial charge in [-0.25, -0.2) is 9.78 Å². The molecule has 3 amide bonds. The highest BCUT2D eigenvalue weighted by Gasteiger charge is 2.31. The van der Waals surface area contributed by atoms with Gasteiger partial charge in [0, 0.05) is 31.2 Å². The third-order valence-electron chi connectivity index (χ3n) is 6.34. The number of phenolic OH excluding ortho intramolecular Hbond substituents is 1. The number of phenols is 1. The van der Waals surface area contributed by atoms with E-state index in [9.17, 15) is 34.5 Å². The number of aliphatic hydroxyl groups is 1. The van der Waals surface area contributed by atoms with Crippen LogP contribution >= 0.6 is 0 Å². The maximum absolute atomic E-state index is 13.5. The van der Waals surface area contributed by atoms with Gasteiger partial charge >= 0.3 is 5.97 Å². The molecule has 13 nitrogen and oxygen atoms in total. The Bertz CT molecular complexity index is 1300. The Labute approximate surface area is 236 Å². The first-order valence-electron chi connectivity index (χ1n) is 12.9. The van der Waals surface area contributed by atoms with Gasteiger partial charge in [-0.15, -0.1) is 0 Å². The van der Waals surface area contributed by atoms with Gasteiger partial charge in [-0.3, -0.25) is 14.4 Å². The third kappa shape index (κ3) is 9.44. The molecule has 1 aromatic heterocycles. The Morgan fingerprint density at radius 1 is 0.829 bits per heavy atom. The number of imidazole rings is 1. The lowest BCUT2D eigenvalue weighted by Gasteiger charge is -2.25. The maximum Gasteiger partial charge on any atom is 0.326 e. The summed E-state index contributed by atoms with van der Waals surface area (Å²) < 4.78 is 0. The van der Waals surface area contributed by atoms with Gasteiger partial charge in [0.05, 0.1) is 12.4 Å². The van der Waals surface area contributed by atoms with Gasteiger partial charge in [0.2, 0.25) is 17.7 Å². The number of nitrogens with zero attached hydrogens (tertiary/aromatic N) is 1. The van der Waals surface area contributed by atoms with Gasteiger partial charge in [-0.1, -0.05) is 42.5 Å². The number of rotatable bonds is 14. The van der Waals surface area contributed by atoms with Gasteiger partial charge in [-0.2, -0.15) is 0 Å². The van der Waals surface area contributed by atoms with Crippen LogP contribution in [0.4, 0.5) is 0 Å². The minimum atomic E-state index is -1.34. The summed E-state index contributed by atoms with van der Waals surface area (Å²) in [6.45, 7) is 1.35. The van der Waals surface area contributed by atoms with E-state index in [0.717, 1.165) is 0 Å². The number of hydrogen-bond acceptors (Lipinski definition) is 8. The van der Waals surface area contributed by atoms with Crippen molar-refractivity contribution in [3.63, 3.8) is 0 Å². The number of aromatic hydroxyl groups is 1. The summed E-state index contributed by atoms with van der Waals surface area (Å²) in [4.78, 5) is 58.2. The monoisotopic (exact) mass is 566 g/mol. The Morgan fingerprint density at radius 2 is 1.37 bits per heavy atom. The molecule has 2 aromatic carbocycles. The molecule has 13 heteroatoms. The zero-order valence-corrected chi connectivity index (χ0v) is 22.4. The van der Waals surface area contributed by atoms with Crippen LogP contribution in [0.2, 0.25) is 0 Å². The van der Waals surface area contributed by atoms with Crippen molar-refractivity contribution < 1.29 is 34.5 Å². The summed E-state index contributed by atoms with van der Waals surface area (Å²) in [5.74, 6) is -3.53. The molecule has 3 rings (SSSR count). The van der Waals surface area contributed by atoms with E-state index in [2.05, 4.69) is 25.9 Å². The number of H-pyrrole nitrogens is 1. The number of aromatic amines is 1. The number of carboxylic acid groups (broad SMARTS) is 1. The number of aliphatic carboxylic acids is 1. The molecule has 0 saturated carbocycles. The van der Waals surface area contributed by atoms with Crippen molar-refractivity contribution in [3.8, 4) is 5.75 Å². The van der Waals surface area contributed by atoms with Gasteiger partial charge < -0.3 is 42.0 Å². The molecule has 0 bridgehead atoms. The summed E-state index contributed by atoms with van der Waals surface area (Å²) in [7, 11) is 0. The van der Waals surface area contributed by atoms with E-state index in [1.165, 1.54) is 43.7 Å². The van der Waals surface area contributed by atoms with Crippen molar-refractivity contribution in [2.24, 2.45) is 5.73 Å². The Hall–Kier alpha value is -4.75. The third-order valence-corrected chi connectivity index (χ3v) is 6.34. The van der Waals surface area contributed by atoms with Gasteiger partial charge in [0.1, 0.15) is 29.9 Å². The molecule has 5 unspecified atom stereocenters. The zero-order valence-electron chi connectivity index (χ0n) is 22.4. The van der Waals surface area contributed by atoms with Gasteiger partial charge in [0.15, 0.2) is 0 Å². The topological polar surface area (TPSA) is 220 Å². The second kappa shape index (κ2) is 14.6. The summed E-state index contributed by atoms with van der Waals surface area (Å²) >= 11 is 0. The Kier molecular flexibility index (Phi) is 11.0. The Morgan fingerprint density at radius 3 is 1.93 bits per heavy atom. The van der Waals surface area contributed by atoms with Crippen molar-refractivity contribution in [2.45, 2.75) is 56.5 Å². The average molecular weight is 567 g/mol. The number of aliphatic hydroxyl groups excluding tert-OH is 1. The molecule has 0 spiro atoms. The number of carbonyl (C=O) groups is 4. The highest BCUT2D eigenvalue weighted by atomic mass is 16.4. The number of carboxylic acids is 1. The van der Waals surface area contributed by atoms with E-state index in [1.54, 1.807) is 30.3 Å². The van der Waals surface area contributed by atoms with Crippen molar-refractivity contribution >= 4 is 23.7 Å². The fraction of sp³-hybridized carbons (Fsp3) is 0.321. The molecule has 218 valence electrons. The smallest absolute Gasteiger partial charge is 0.326 e. The number of nitrogens with two attached hydrogens (primary N) is 1. The van der Waals surface area contributed by atoms with Crippen LogP contribution in [0.5, 0.6) is 5.75 Å². The fourth-order valence-electron chi connectivity index (χ4n) is 3.98. The minimum Gasteiger partial charge on any atom is -0.508 e. The molecular formula is C28H34N6O7. The summed E-state index contributed by atoms with van der Waals surface area (Å²) in [6, 6.07) is 9.69. The van der Waals surface area contributed by atoms with Crippen molar-refractivity contribution in [3.05, 3.63) is 83.9 Å². The van der Waals surface area contributed by atoms with Crippen molar-refractivity contribution in [2.75, 3.05) is 0 Å². The largest absolute Gasteiger partial charge is 0.508 e. The summed E-state index contributed by atoms with van der Waals surface area (Å²) in [5.41, 5.74) is 7.53. The zero-order chi connectivity index (χ0) is 29.9. The molecule has 1 heterocycles. The quantitative estimate of drug-likeness (QED) is 0.125. The van der Waals surface area contributed by atoms with Crippen LogP contribution in [-0.4, -0.2) is 79.2 Å². The lowest BCUT2D eigenvalue weighted by Crippen LogP contribution is -2.59. The van der Waals surface area contributed by atoms with E-state index in [-0.39, 0.29) is 25.0 Å². The van der Waals surface area contributed by atoms with Crippen LogP contribution in [0.25, 0.3) is 0 Å². The molecule has 0 aliphatic carbocycles. The number of nitrogens with one attached hydrogen (secondary N) is 4. The molecule has 0 fully saturated rings. The molecular weight excluding hydrogens is 532 g/mol. The average Bonchev–Trinajstić information content (AvgIpc) is 3.46. The van der Waals surface area contributed by atoms with Crippen molar-refractivity contribution in [1.82, 2.24) is 25.9 Å². The molecule has 0 aliphatic rings. The highest BCUT2D eigenvalue weighted by molar-refractivity contribution is 5.94. The number of benzene rings is 2. The fourth-order valence-corrected chi connectivity index (χ4v) is 3.98. The molecule has 0 aliphatic heterocycles. The first kappa shape index (κ1) is 30.8. The van der Waals surface area contributed by atoms with E-state index in [0.29, 0.717) is 16.8 Å². The number of hydrogen-bond donors (Lipinski definition) is 8. The first-order chi connectivity index (χ1) is 19.5. The molecule has 3 aromatic rings. The molecule has 9 N–H and O–H groups in total. The van der Waals surface area contributed by atoms with Crippen LogP contribution in [0, 0.1) is 0 Å². The molecule has 41 heavy (non-hydrogen) atoms. The standard InChI is InChI=1S/C28H34N6O7/c1-16(35)24(29)27(39)33-21(11-17-5-3-2-4-6-17)25(37)32-22(13-19-14-30-15-31-19)26(38)34-23(28(40)41)12-18-7-9-20(36)10-8-18/h2-10,14-16,21-24,35-36H,11-13,29H2,1H3,(H,30,31)(H,32,37)(H,33,39)(H,34,38)(H,40,41).